The summed E-state index contributed by atoms with van der Waals surface area (Å²) in [4.78, 5) is 10.4. The van der Waals surface area contributed by atoms with Crippen molar-refractivity contribution in [3.8, 4) is 51.0 Å². The molecule has 59 heavy (non-hydrogen) atoms. The van der Waals surface area contributed by atoms with E-state index < -0.39 is 0 Å². The quantitative estimate of drug-likeness (QED) is 0.175. The highest BCUT2D eigenvalue weighted by Crippen LogP contribution is 2.56. The van der Waals surface area contributed by atoms with Gasteiger partial charge in [0.1, 0.15) is 11.2 Å². The highest BCUT2D eigenvalue weighted by Gasteiger charge is 2.44. The Morgan fingerprint density at radius 1 is 0.695 bits per heavy atom. The van der Waals surface area contributed by atoms with Gasteiger partial charge in [-0.15, -0.1) is 11.3 Å². The van der Waals surface area contributed by atoms with Crippen molar-refractivity contribution in [1.82, 2.24) is 9.97 Å². The van der Waals surface area contributed by atoms with Crippen LogP contribution in [-0.2, 0) is 5.41 Å². The second kappa shape index (κ2) is 13.9. The molecule has 3 aromatic heterocycles. The van der Waals surface area contributed by atoms with Crippen molar-refractivity contribution in [2.24, 2.45) is 0 Å². The van der Waals surface area contributed by atoms with Crippen molar-refractivity contribution >= 4 is 55.0 Å². The lowest BCUT2D eigenvalue weighted by Crippen LogP contribution is -2.28. The van der Waals surface area contributed by atoms with Crippen molar-refractivity contribution in [1.29, 1.82) is 5.26 Å². The number of nitriles is 1. The maximum atomic E-state index is 9.81. The van der Waals surface area contributed by atoms with Crippen LogP contribution in [0.25, 0.3) is 88.6 Å². The Bertz CT molecular complexity index is 3360. The van der Waals surface area contributed by atoms with Gasteiger partial charge in [-0.3, -0.25) is 0 Å². The summed E-state index contributed by atoms with van der Waals surface area (Å²) in [5.74, 6) is 0.658. The minimum absolute atomic E-state index is 0.0333. The molecule has 282 valence electrons. The number of fused-ring (bicyclic) bond motifs is 9. The molecule has 1 saturated carbocycles. The Kier molecular flexibility index (Phi) is 8.32. The molecule has 3 heterocycles. The number of allylic oxidation sites excluding steroid dienone is 1. The van der Waals surface area contributed by atoms with E-state index in [0.717, 1.165) is 73.0 Å². The van der Waals surface area contributed by atoms with E-state index in [1.54, 1.807) is 11.3 Å². The predicted molar refractivity (Wildman–Crippen MR) is 244 cm³/mol. The molecular formula is C54H39N3OS. The first kappa shape index (κ1) is 35.3. The van der Waals surface area contributed by atoms with Gasteiger partial charge < -0.3 is 4.42 Å². The molecule has 4 nitrogen and oxygen atoms in total. The van der Waals surface area contributed by atoms with E-state index in [0.29, 0.717) is 5.82 Å². The van der Waals surface area contributed by atoms with Gasteiger partial charge in [0, 0.05) is 47.5 Å². The molecule has 0 saturated heterocycles. The van der Waals surface area contributed by atoms with Crippen molar-refractivity contribution in [2.75, 3.05) is 0 Å². The van der Waals surface area contributed by atoms with Crippen LogP contribution in [-0.4, -0.2) is 9.97 Å². The molecule has 9 aromatic rings. The molecule has 0 bridgehead atoms. The van der Waals surface area contributed by atoms with Crippen LogP contribution in [0, 0.1) is 11.3 Å². The van der Waals surface area contributed by atoms with Crippen LogP contribution >= 0.6 is 11.3 Å². The molecule has 0 amide bonds. The monoisotopic (exact) mass is 777 g/mol. The number of nitrogens with zero attached hydrogens (tertiary/aromatic N) is 3. The van der Waals surface area contributed by atoms with Crippen LogP contribution in [0.2, 0.25) is 0 Å². The third-order valence-corrected chi connectivity index (χ3v) is 13.9. The van der Waals surface area contributed by atoms with E-state index in [4.69, 9.17) is 14.4 Å². The van der Waals surface area contributed by atoms with Gasteiger partial charge in [0.15, 0.2) is 5.82 Å². The average Bonchev–Trinajstić information content (AvgIpc) is 3.94. The number of hydrogen-bond donors (Lipinski definition) is 0. The summed E-state index contributed by atoms with van der Waals surface area (Å²) in [6, 6.07) is 49.5. The predicted octanol–water partition coefficient (Wildman–Crippen LogP) is 12.9. The molecule has 0 atom stereocenters. The summed E-state index contributed by atoms with van der Waals surface area (Å²) in [5, 5.41) is 14.4. The van der Waals surface area contributed by atoms with E-state index in [9.17, 15) is 5.26 Å². The molecule has 2 aliphatic carbocycles. The zero-order valence-electron chi connectivity index (χ0n) is 32.8. The molecule has 0 aliphatic heterocycles. The molecule has 6 aromatic carbocycles. The standard InChI is InChI=1S/C54H39N3OS/c1-3-38-44-28-35(36-18-22-41-40-21-17-33(32-55)27-45(40)54(46(41)29-36)25-11-6-12-26-54)20-24-51(44)59-52(38)39(4-2)48-31-47(56-53(57-48)34-13-7-5-8-14-34)37-19-23-43-42-15-9-10-16-49(42)58-50(43)30-37/h3-5,7-10,13-24,27-31H,2,6,11-12,25-26H2,1H3/b38-3-,52-39-. The van der Waals surface area contributed by atoms with Crippen molar-refractivity contribution in [3.05, 3.63) is 178 Å². The summed E-state index contributed by atoms with van der Waals surface area (Å²) in [5.41, 5.74) is 14.7. The molecule has 0 radical (unpaired) electrons. The van der Waals surface area contributed by atoms with Gasteiger partial charge in [-0.25, -0.2) is 9.97 Å². The summed E-state index contributed by atoms with van der Waals surface area (Å²) in [6.07, 6.45) is 10.1. The van der Waals surface area contributed by atoms with Gasteiger partial charge in [0.05, 0.1) is 23.0 Å². The zero-order chi connectivity index (χ0) is 39.7. The Labute approximate surface area is 346 Å². The summed E-state index contributed by atoms with van der Waals surface area (Å²) in [6.45, 7) is 6.48. The Balaban J connectivity index is 1.06. The third-order valence-electron chi connectivity index (χ3n) is 12.7. The maximum absolute atomic E-state index is 9.81. The van der Waals surface area contributed by atoms with Gasteiger partial charge in [0.2, 0.25) is 0 Å². The number of para-hydroxylation sites is 1. The third kappa shape index (κ3) is 5.62. The fourth-order valence-corrected chi connectivity index (χ4v) is 11.1. The van der Waals surface area contributed by atoms with Crippen molar-refractivity contribution in [2.45, 2.75) is 44.4 Å². The number of furan rings is 1. The maximum Gasteiger partial charge on any atom is 0.160 e. The highest BCUT2D eigenvalue weighted by molar-refractivity contribution is 7.17. The first-order chi connectivity index (χ1) is 29.0. The molecule has 1 fully saturated rings. The van der Waals surface area contributed by atoms with Crippen LogP contribution in [0.15, 0.2) is 151 Å². The minimum Gasteiger partial charge on any atom is -0.456 e. The zero-order valence-corrected chi connectivity index (χ0v) is 33.6. The van der Waals surface area contributed by atoms with Gasteiger partial charge in [-0.2, -0.15) is 5.26 Å². The summed E-state index contributed by atoms with van der Waals surface area (Å²) < 4.78 is 8.64. The fraction of sp³-hybridized carbons (Fsp3) is 0.130. The van der Waals surface area contributed by atoms with Gasteiger partial charge >= 0.3 is 0 Å². The Hall–Kier alpha value is -6.87. The number of hydrogen-bond acceptors (Lipinski definition) is 5. The largest absolute Gasteiger partial charge is 0.456 e. The summed E-state index contributed by atoms with van der Waals surface area (Å²) >= 11 is 1.78. The van der Waals surface area contributed by atoms with Crippen LogP contribution in [0.4, 0.5) is 0 Å². The molecule has 2 aliphatic rings. The van der Waals surface area contributed by atoms with E-state index in [1.165, 1.54) is 67.9 Å². The number of aromatic nitrogens is 2. The first-order valence-corrected chi connectivity index (χ1v) is 21.3. The fourth-order valence-electron chi connectivity index (χ4n) is 9.87. The van der Waals surface area contributed by atoms with E-state index >= 15 is 0 Å². The van der Waals surface area contributed by atoms with E-state index in [2.05, 4.69) is 117 Å². The smallest absolute Gasteiger partial charge is 0.160 e. The van der Waals surface area contributed by atoms with Gasteiger partial charge in [-0.05, 0) is 113 Å². The van der Waals surface area contributed by atoms with Gasteiger partial charge in [-0.1, -0.05) is 117 Å². The second-order valence-corrected chi connectivity index (χ2v) is 16.9. The van der Waals surface area contributed by atoms with Crippen LogP contribution in [0.5, 0.6) is 0 Å². The van der Waals surface area contributed by atoms with Crippen LogP contribution in [0.1, 0.15) is 61.4 Å². The Morgan fingerprint density at radius 2 is 1.42 bits per heavy atom. The molecule has 11 rings (SSSR count). The van der Waals surface area contributed by atoms with Gasteiger partial charge in [0.25, 0.3) is 0 Å². The van der Waals surface area contributed by atoms with Crippen LogP contribution < -0.4 is 9.75 Å². The number of rotatable bonds is 5. The molecule has 0 N–H and O–H groups in total. The number of benzene rings is 6. The average molecular weight is 778 g/mol. The second-order valence-electron chi connectivity index (χ2n) is 15.9. The summed E-state index contributed by atoms with van der Waals surface area (Å²) in [7, 11) is 0. The number of thiophene rings is 1. The van der Waals surface area contributed by atoms with E-state index in [1.807, 2.05) is 48.5 Å². The lowest BCUT2D eigenvalue weighted by atomic mass is 9.67. The minimum atomic E-state index is -0.0333. The lowest BCUT2D eigenvalue weighted by molar-refractivity contribution is 0.353. The van der Waals surface area contributed by atoms with Crippen molar-refractivity contribution in [3.63, 3.8) is 0 Å². The normalized spacial score (nSPS) is 15.1. The van der Waals surface area contributed by atoms with E-state index in [-0.39, 0.29) is 5.41 Å². The molecule has 0 unspecified atom stereocenters. The lowest BCUT2D eigenvalue weighted by Gasteiger charge is -2.36. The van der Waals surface area contributed by atoms with Crippen LogP contribution in [0.3, 0.4) is 0 Å². The molecule has 1 spiro atoms. The molecule has 5 heteroatoms. The Morgan fingerprint density at radius 3 is 2.24 bits per heavy atom. The molecular weight excluding hydrogens is 739 g/mol. The highest BCUT2D eigenvalue weighted by atomic mass is 32.1. The SMILES string of the molecule is C=C/C(c1cc(-c2ccc3c(c2)oc2ccccc23)nc(-c2ccccc2)n1)=c1/sc2ccc(-c3ccc4c(c3)C3(CCCCC3)c3cc(C#N)ccc3-4)cc2/c1=C/C. The topological polar surface area (TPSA) is 62.7 Å². The van der Waals surface area contributed by atoms with Crippen molar-refractivity contribution < 1.29 is 4.42 Å². The first-order valence-electron chi connectivity index (χ1n) is 20.5.